The van der Waals surface area contributed by atoms with Gasteiger partial charge in [0.25, 0.3) is 0 Å². The summed E-state index contributed by atoms with van der Waals surface area (Å²) in [6.45, 7) is 2.73. The predicted octanol–water partition coefficient (Wildman–Crippen LogP) is 0.768. The van der Waals surface area contributed by atoms with Crippen molar-refractivity contribution in [3.05, 3.63) is 24.0 Å². The Morgan fingerprint density at radius 2 is 2.26 bits per heavy atom. The quantitative estimate of drug-likeness (QED) is 0.825. The molecule has 1 atom stereocenters. The highest BCUT2D eigenvalue weighted by atomic mass is 32.2. The molecule has 1 aliphatic heterocycles. The zero-order valence-electron chi connectivity index (χ0n) is 13.5. The van der Waals surface area contributed by atoms with E-state index in [-0.39, 0.29) is 24.1 Å². The maximum Gasteiger partial charge on any atom is 0.224 e. The maximum absolute atomic E-state index is 12.3. The molecule has 1 N–H and O–H groups in total. The number of ether oxygens (including phenoxy) is 1. The van der Waals surface area contributed by atoms with Crippen molar-refractivity contribution in [2.45, 2.75) is 26.3 Å². The molecule has 0 aromatic carbocycles. The van der Waals surface area contributed by atoms with Crippen LogP contribution < -0.4 is 10.1 Å². The van der Waals surface area contributed by atoms with E-state index in [0.717, 1.165) is 5.56 Å². The number of aromatic nitrogens is 1. The third kappa shape index (κ3) is 4.65. The molecule has 8 heteroatoms. The largest absolute Gasteiger partial charge is 0.495 e. The van der Waals surface area contributed by atoms with Gasteiger partial charge in [-0.25, -0.2) is 12.7 Å². The first kappa shape index (κ1) is 17.7. The summed E-state index contributed by atoms with van der Waals surface area (Å²) in [5, 5.41) is 2.85. The number of sulfonamides is 1. The summed E-state index contributed by atoms with van der Waals surface area (Å²) in [6, 6.07) is 1.81. The van der Waals surface area contributed by atoms with Crippen molar-refractivity contribution in [3.63, 3.8) is 0 Å². The number of carbonyl (C=O) groups excluding carboxylic acids is 1. The van der Waals surface area contributed by atoms with Crippen LogP contribution in [0, 0.1) is 5.92 Å². The van der Waals surface area contributed by atoms with Crippen molar-refractivity contribution >= 4 is 15.9 Å². The van der Waals surface area contributed by atoms with Gasteiger partial charge >= 0.3 is 0 Å². The maximum atomic E-state index is 12.3. The van der Waals surface area contributed by atoms with Crippen molar-refractivity contribution in [2.24, 2.45) is 5.92 Å². The van der Waals surface area contributed by atoms with Crippen LogP contribution in [0.3, 0.4) is 0 Å². The van der Waals surface area contributed by atoms with Gasteiger partial charge in [0.15, 0.2) is 0 Å². The zero-order chi connectivity index (χ0) is 16.9. The van der Waals surface area contributed by atoms with E-state index in [1.54, 1.807) is 26.4 Å². The van der Waals surface area contributed by atoms with Crippen LogP contribution in [0.4, 0.5) is 0 Å². The van der Waals surface area contributed by atoms with E-state index in [2.05, 4.69) is 10.3 Å². The molecule has 0 saturated carbocycles. The van der Waals surface area contributed by atoms with Gasteiger partial charge in [-0.2, -0.15) is 0 Å². The van der Waals surface area contributed by atoms with Gasteiger partial charge in [-0.3, -0.25) is 9.78 Å². The number of carbonyl (C=O) groups is 1. The monoisotopic (exact) mass is 341 g/mol. The van der Waals surface area contributed by atoms with Crippen LogP contribution >= 0.6 is 0 Å². The number of piperidine rings is 1. The molecule has 1 amide bonds. The molecule has 1 unspecified atom stereocenters. The van der Waals surface area contributed by atoms with Gasteiger partial charge in [0.2, 0.25) is 15.9 Å². The lowest BCUT2D eigenvalue weighted by atomic mass is 9.99. The normalized spacial score (nSPS) is 19.3. The summed E-state index contributed by atoms with van der Waals surface area (Å²) < 4.78 is 30.4. The van der Waals surface area contributed by atoms with Gasteiger partial charge in [-0.1, -0.05) is 0 Å². The van der Waals surface area contributed by atoms with Crippen LogP contribution in [-0.2, 0) is 21.4 Å². The molecule has 1 fully saturated rings. The minimum Gasteiger partial charge on any atom is -0.495 e. The van der Waals surface area contributed by atoms with E-state index in [1.165, 1.54) is 4.31 Å². The van der Waals surface area contributed by atoms with Crippen molar-refractivity contribution in [2.75, 3.05) is 26.0 Å². The van der Waals surface area contributed by atoms with Gasteiger partial charge in [-0.05, 0) is 31.4 Å². The molecule has 1 aromatic rings. The molecule has 1 saturated heterocycles. The molecule has 0 aliphatic carbocycles. The lowest BCUT2D eigenvalue weighted by Gasteiger charge is -2.30. The first-order valence-corrected chi connectivity index (χ1v) is 9.30. The molecule has 0 spiro atoms. The van der Waals surface area contributed by atoms with Gasteiger partial charge in [0.1, 0.15) is 5.75 Å². The van der Waals surface area contributed by atoms with Gasteiger partial charge in [-0.15, -0.1) is 0 Å². The number of nitrogens with one attached hydrogen (secondary N) is 1. The Labute approximate surface area is 137 Å². The van der Waals surface area contributed by atoms with E-state index >= 15 is 0 Å². The first-order valence-electron chi connectivity index (χ1n) is 7.69. The van der Waals surface area contributed by atoms with E-state index in [1.807, 2.05) is 6.07 Å². The van der Waals surface area contributed by atoms with E-state index < -0.39 is 10.0 Å². The minimum atomic E-state index is -3.24. The lowest BCUT2D eigenvalue weighted by molar-refractivity contribution is -0.126. The van der Waals surface area contributed by atoms with Gasteiger partial charge < -0.3 is 10.1 Å². The Morgan fingerprint density at radius 3 is 2.96 bits per heavy atom. The molecule has 128 valence electrons. The highest BCUT2D eigenvalue weighted by Crippen LogP contribution is 2.20. The number of pyridine rings is 1. The zero-order valence-corrected chi connectivity index (χ0v) is 14.3. The highest BCUT2D eigenvalue weighted by Gasteiger charge is 2.31. The lowest BCUT2D eigenvalue weighted by Crippen LogP contribution is -2.45. The highest BCUT2D eigenvalue weighted by molar-refractivity contribution is 7.89. The molecule has 7 nitrogen and oxygen atoms in total. The van der Waals surface area contributed by atoms with Crippen molar-refractivity contribution in [3.8, 4) is 5.75 Å². The Hall–Kier alpha value is -1.67. The number of amides is 1. The Kier molecular flexibility index (Phi) is 5.95. The number of methoxy groups -OCH3 is 1. The van der Waals surface area contributed by atoms with Crippen LogP contribution in [0.2, 0.25) is 0 Å². The summed E-state index contributed by atoms with van der Waals surface area (Å²) in [7, 11) is -1.68. The van der Waals surface area contributed by atoms with Crippen LogP contribution in [0.15, 0.2) is 18.5 Å². The van der Waals surface area contributed by atoms with E-state index in [4.69, 9.17) is 4.74 Å². The minimum absolute atomic E-state index is 0.0663. The fourth-order valence-corrected chi connectivity index (χ4v) is 3.78. The van der Waals surface area contributed by atoms with E-state index in [9.17, 15) is 13.2 Å². The fraction of sp³-hybridized carbons (Fsp3) is 0.600. The predicted molar refractivity (Wildman–Crippen MR) is 86.4 cm³/mol. The Balaban J connectivity index is 1.92. The second-order valence-electron chi connectivity index (χ2n) is 5.55. The van der Waals surface area contributed by atoms with Crippen molar-refractivity contribution < 1.29 is 17.9 Å². The summed E-state index contributed by atoms with van der Waals surface area (Å²) in [4.78, 5) is 16.3. The molecule has 1 aromatic heterocycles. The molecule has 2 rings (SSSR count). The summed E-state index contributed by atoms with van der Waals surface area (Å²) >= 11 is 0. The summed E-state index contributed by atoms with van der Waals surface area (Å²) in [6.07, 6.45) is 4.67. The molecular weight excluding hydrogens is 318 g/mol. The Bertz CT molecular complexity index is 648. The molecule has 0 radical (unpaired) electrons. The van der Waals surface area contributed by atoms with Crippen LogP contribution in [-0.4, -0.2) is 49.6 Å². The average molecular weight is 341 g/mol. The SMILES string of the molecule is CCS(=O)(=O)N1CCCC(C(=O)NCc2cncc(OC)c2)C1. The number of rotatable bonds is 6. The van der Waals surface area contributed by atoms with Crippen LogP contribution in [0.25, 0.3) is 0 Å². The average Bonchev–Trinajstić information content (AvgIpc) is 2.60. The van der Waals surface area contributed by atoms with E-state index in [0.29, 0.717) is 31.7 Å². The molecule has 0 bridgehead atoms. The van der Waals surface area contributed by atoms with Gasteiger partial charge in [0.05, 0.1) is 25.0 Å². The fourth-order valence-electron chi connectivity index (χ4n) is 2.60. The third-order valence-corrected chi connectivity index (χ3v) is 5.83. The topological polar surface area (TPSA) is 88.6 Å². The molecule has 23 heavy (non-hydrogen) atoms. The summed E-state index contributed by atoms with van der Waals surface area (Å²) in [5.41, 5.74) is 0.839. The first-order chi connectivity index (χ1) is 11.0. The number of hydrogen-bond donors (Lipinski definition) is 1. The standard InChI is InChI=1S/C15H23N3O4S/c1-3-23(20,21)18-6-4-5-13(11-18)15(19)17-9-12-7-14(22-2)10-16-8-12/h7-8,10,13H,3-6,9,11H2,1-2H3,(H,17,19). The molecule has 2 heterocycles. The summed E-state index contributed by atoms with van der Waals surface area (Å²) in [5.74, 6) is 0.277. The molecular formula is C15H23N3O4S. The van der Waals surface area contributed by atoms with Crippen molar-refractivity contribution in [1.29, 1.82) is 0 Å². The van der Waals surface area contributed by atoms with Crippen molar-refractivity contribution in [1.82, 2.24) is 14.6 Å². The van der Waals surface area contributed by atoms with Crippen LogP contribution in [0.1, 0.15) is 25.3 Å². The number of nitrogens with zero attached hydrogens (tertiary/aromatic N) is 2. The number of hydrogen-bond acceptors (Lipinski definition) is 5. The third-order valence-electron chi connectivity index (χ3n) is 3.99. The Morgan fingerprint density at radius 1 is 1.48 bits per heavy atom. The van der Waals surface area contributed by atoms with Gasteiger partial charge in [0, 0.05) is 25.8 Å². The molecule has 1 aliphatic rings. The second-order valence-corrected chi connectivity index (χ2v) is 7.81. The van der Waals surface area contributed by atoms with Crippen LogP contribution in [0.5, 0.6) is 5.75 Å². The second kappa shape index (κ2) is 7.74. The smallest absolute Gasteiger partial charge is 0.224 e.